The molecular formula is C20H24F2N4. The van der Waals surface area contributed by atoms with Gasteiger partial charge in [0.2, 0.25) is 0 Å². The number of halogens is 2. The Morgan fingerprint density at radius 2 is 2.00 bits per heavy atom. The number of nitrogens with two attached hydrogens (primary N) is 1. The summed E-state index contributed by atoms with van der Waals surface area (Å²) in [4.78, 5) is 4.14. The van der Waals surface area contributed by atoms with Crippen molar-refractivity contribution >= 4 is 5.70 Å². The first-order valence-electron chi connectivity index (χ1n) is 8.58. The highest BCUT2D eigenvalue weighted by Crippen LogP contribution is 2.34. The molecule has 2 heterocycles. The van der Waals surface area contributed by atoms with Gasteiger partial charge < -0.3 is 20.9 Å². The molecule has 26 heavy (non-hydrogen) atoms. The van der Waals surface area contributed by atoms with Crippen LogP contribution in [0.4, 0.5) is 8.78 Å². The van der Waals surface area contributed by atoms with Gasteiger partial charge in [0.25, 0.3) is 0 Å². The van der Waals surface area contributed by atoms with Gasteiger partial charge in [-0.1, -0.05) is 12.2 Å². The highest BCUT2D eigenvalue weighted by atomic mass is 19.2. The van der Waals surface area contributed by atoms with Crippen LogP contribution < -0.4 is 11.1 Å². The molecule has 0 aliphatic carbocycles. The van der Waals surface area contributed by atoms with Crippen LogP contribution in [0.2, 0.25) is 0 Å². The molecule has 1 aromatic rings. The Bertz CT molecular complexity index is 823. The molecule has 6 heteroatoms. The van der Waals surface area contributed by atoms with E-state index in [-0.39, 0.29) is 6.04 Å². The summed E-state index contributed by atoms with van der Waals surface area (Å²) in [6, 6.07) is 2.50. The van der Waals surface area contributed by atoms with Crippen molar-refractivity contribution in [3.8, 4) is 0 Å². The number of likely N-dealkylation sites (N-methyl/N-ethyl adjacent to an activating group) is 2. The van der Waals surface area contributed by atoms with Gasteiger partial charge in [-0.2, -0.15) is 0 Å². The molecule has 3 N–H and O–H groups in total. The van der Waals surface area contributed by atoms with Gasteiger partial charge >= 0.3 is 0 Å². The second-order valence-corrected chi connectivity index (χ2v) is 6.55. The monoisotopic (exact) mass is 358 g/mol. The molecule has 138 valence electrons. The largest absolute Gasteiger partial charge is 0.370 e. The van der Waals surface area contributed by atoms with Crippen molar-refractivity contribution in [1.29, 1.82) is 0 Å². The van der Waals surface area contributed by atoms with Crippen LogP contribution >= 0.6 is 0 Å². The molecule has 0 radical (unpaired) electrons. The van der Waals surface area contributed by atoms with Crippen LogP contribution in [0.3, 0.4) is 0 Å². The van der Waals surface area contributed by atoms with Gasteiger partial charge in [0, 0.05) is 44.5 Å². The molecule has 1 aromatic carbocycles. The van der Waals surface area contributed by atoms with Crippen molar-refractivity contribution in [2.75, 3.05) is 27.2 Å². The first-order valence-corrected chi connectivity index (χ1v) is 8.58. The molecule has 3 rings (SSSR count). The first-order chi connectivity index (χ1) is 12.4. The molecule has 0 saturated carbocycles. The second kappa shape index (κ2) is 7.33. The minimum Gasteiger partial charge on any atom is -0.370 e. The van der Waals surface area contributed by atoms with Gasteiger partial charge in [-0.15, -0.1) is 0 Å². The van der Waals surface area contributed by atoms with Crippen LogP contribution in [0.15, 0.2) is 54.0 Å². The van der Waals surface area contributed by atoms with E-state index in [1.807, 2.05) is 32.4 Å². The van der Waals surface area contributed by atoms with Crippen molar-refractivity contribution in [1.82, 2.24) is 15.1 Å². The summed E-state index contributed by atoms with van der Waals surface area (Å²) in [6.45, 7) is 2.94. The van der Waals surface area contributed by atoms with Crippen LogP contribution in [-0.2, 0) is 0 Å². The van der Waals surface area contributed by atoms with E-state index >= 15 is 0 Å². The van der Waals surface area contributed by atoms with Gasteiger partial charge in [-0.3, -0.25) is 0 Å². The van der Waals surface area contributed by atoms with Gasteiger partial charge in [0.05, 0.1) is 11.7 Å². The van der Waals surface area contributed by atoms with Gasteiger partial charge in [0.15, 0.2) is 11.6 Å². The van der Waals surface area contributed by atoms with Crippen molar-refractivity contribution in [2.24, 2.45) is 5.73 Å². The van der Waals surface area contributed by atoms with E-state index in [4.69, 9.17) is 5.73 Å². The molecule has 0 amide bonds. The van der Waals surface area contributed by atoms with Crippen LogP contribution in [0.1, 0.15) is 11.1 Å². The number of nitrogens with one attached hydrogen (secondary N) is 1. The highest BCUT2D eigenvalue weighted by molar-refractivity contribution is 5.74. The lowest BCUT2D eigenvalue weighted by molar-refractivity contribution is 0.353. The van der Waals surface area contributed by atoms with Crippen LogP contribution in [0.25, 0.3) is 5.70 Å². The van der Waals surface area contributed by atoms with Crippen molar-refractivity contribution in [3.63, 3.8) is 0 Å². The lowest BCUT2D eigenvalue weighted by Crippen LogP contribution is -2.41. The second-order valence-electron chi connectivity index (χ2n) is 6.55. The summed E-state index contributed by atoms with van der Waals surface area (Å²) in [6.07, 6.45) is 9.98. The van der Waals surface area contributed by atoms with Gasteiger partial charge in [-0.05, 0) is 36.8 Å². The smallest absolute Gasteiger partial charge is 0.159 e. The zero-order valence-corrected chi connectivity index (χ0v) is 15.3. The minimum absolute atomic E-state index is 0.0458. The van der Waals surface area contributed by atoms with Crippen LogP contribution in [-0.4, -0.2) is 43.0 Å². The minimum atomic E-state index is -0.835. The maximum atomic E-state index is 14.0. The molecule has 0 aromatic heterocycles. The quantitative estimate of drug-likeness (QED) is 0.872. The molecule has 0 bridgehead atoms. The molecule has 1 unspecified atom stereocenters. The fourth-order valence-corrected chi connectivity index (χ4v) is 3.46. The van der Waals surface area contributed by atoms with Crippen molar-refractivity contribution in [2.45, 2.75) is 13.0 Å². The Labute approximate surface area is 153 Å². The lowest BCUT2D eigenvalue weighted by Gasteiger charge is -2.38. The number of hydrogen-bond donors (Lipinski definition) is 2. The summed E-state index contributed by atoms with van der Waals surface area (Å²) >= 11 is 0. The zero-order chi connectivity index (χ0) is 18.8. The SMILES string of the molecule is Cc1cc(F)c(F)cc1C1=C(C2C=CN/C(=C\CN)N2C)C=CCN1C. The van der Waals surface area contributed by atoms with E-state index in [9.17, 15) is 8.78 Å². The molecule has 0 spiro atoms. The average molecular weight is 358 g/mol. The Hall–Kier alpha value is -2.60. The number of rotatable bonds is 3. The topological polar surface area (TPSA) is 44.5 Å². The summed E-state index contributed by atoms with van der Waals surface area (Å²) in [5.74, 6) is -0.747. The Kier molecular flexibility index (Phi) is 5.13. The molecule has 2 aliphatic heterocycles. The molecular weight excluding hydrogens is 334 g/mol. The van der Waals surface area contributed by atoms with E-state index in [1.165, 1.54) is 12.1 Å². The van der Waals surface area contributed by atoms with E-state index in [0.29, 0.717) is 24.2 Å². The fourth-order valence-electron chi connectivity index (χ4n) is 3.46. The summed E-state index contributed by atoms with van der Waals surface area (Å²) in [7, 11) is 3.94. The van der Waals surface area contributed by atoms with Crippen LogP contribution in [0, 0.1) is 18.6 Å². The number of nitrogens with zero attached hydrogens (tertiary/aromatic N) is 2. The van der Waals surface area contributed by atoms with E-state index in [1.54, 1.807) is 6.92 Å². The molecule has 4 nitrogen and oxygen atoms in total. The predicted molar refractivity (Wildman–Crippen MR) is 101 cm³/mol. The van der Waals surface area contributed by atoms with Crippen molar-refractivity contribution in [3.05, 3.63) is 76.8 Å². The third-order valence-electron chi connectivity index (χ3n) is 4.79. The zero-order valence-electron chi connectivity index (χ0n) is 15.3. The van der Waals surface area contributed by atoms with Gasteiger partial charge in [0.1, 0.15) is 5.82 Å². The third kappa shape index (κ3) is 3.24. The number of aryl methyl sites for hydroxylation is 1. The summed E-state index contributed by atoms with van der Waals surface area (Å²) in [5, 5.41) is 3.19. The predicted octanol–water partition coefficient (Wildman–Crippen LogP) is 2.70. The fraction of sp³-hybridized carbons (Fsp3) is 0.300. The van der Waals surface area contributed by atoms with E-state index in [0.717, 1.165) is 17.1 Å². The van der Waals surface area contributed by atoms with Gasteiger partial charge in [-0.25, -0.2) is 8.78 Å². The first kappa shape index (κ1) is 18.2. The number of hydrogen-bond acceptors (Lipinski definition) is 4. The Balaban J connectivity index is 2.16. The highest BCUT2D eigenvalue weighted by Gasteiger charge is 2.27. The summed E-state index contributed by atoms with van der Waals surface area (Å²) < 4.78 is 27.6. The van der Waals surface area contributed by atoms with Crippen LogP contribution in [0.5, 0.6) is 0 Å². The van der Waals surface area contributed by atoms with E-state index in [2.05, 4.69) is 27.3 Å². The standard InChI is InChI=1S/C20H24F2N4/c1-13-11-16(21)17(22)12-15(13)20-14(5-4-10-25(20)2)18-7-9-24-19(6-8-23)26(18)3/h4-7,9,11-12,18,24H,8,10,23H2,1-3H3/b19-6+. The maximum absolute atomic E-state index is 14.0. The molecule has 2 aliphatic rings. The Morgan fingerprint density at radius 3 is 2.73 bits per heavy atom. The van der Waals surface area contributed by atoms with E-state index < -0.39 is 11.6 Å². The molecule has 0 fully saturated rings. The average Bonchev–Trinajstić information content (AvgIpc) is 2.60. The molecule has 1 atom stereocenters. The Morgan fingerprint density at radius 1 is 1.27 bits per heavy atom. The molecule has 0 saturated heterocycles. The lowest BCUT2D eigenvalue weighted by atomic mass is 9.92. The normalized spacial score (nSPS) is 21.6. The number of benzene rings is 1. The van der Waals surface area contributed by atoms with Crippen molar-refractivity contribution < 1.29 is 8.78 Å². The maximum Gasteiger partial charge on any atom is 0.159 e. The summed E-state index contributed by atoms with van der Waals surface area (Å²) in [5.41, 5.74) is 8.99. The third-order valence-corrected chi connectivity index (χ3v) is 4.79.